The molecular weight excluding hydrogens is 240 g/mol. The van der Waals surface area contributed by atoms with Crippen molar-refractivity contribution in [2.24, 2.45) is 5.84 Å². The maximum Gasteiger partial charge on any atom is 0.255 e. The largest absolute Gasteiger partial charge is 0.322 e. The molecule has 0 aliphatic carbocycles. The van der Waals surface area contributed by atoms with Crippen molar-refractivity contribution in [3.63, 3.8) is 0 Å². The minimum Gasteiger partial charge on any atom is -0.322 e. The number of nitrogens with two attached hydrogens (primary N) is 1. The van der Waals surface area contributed by atoms with Gasteiger partial charge in [-0.2, -0.15) is 0 Å². The van der Waals surface area contributed by atoms with Crippen LogP contribution in [0.4, 0.5) is 11.5 Å². The molecule has 98 valence electrons. The highest BCUT2D eigenvalue weighted by Gasteiger charge is 2.08. The van der Waals surface area contributed by atoms with Crippen molar-refractivity contribution in [1.82, 2.24) is 4.98 Å². The number of nitrogen functional groups attached to an aromatic ring is 1. The predicted octanol–water partition coefficient (Wildman–Crippen LogP) is 2.24. The molecular formula is C14H16N4O. The minimum absolute atomic E-state index is 0.189. The molecule has 0 spiro atoms. The predicted molar refractivity (Wildman–Crippen MR) is 75.9 cm³/mol. The van der Waals surface area contributed by atoms with Crippen LogP contribution in [-0.2, 0) is 0 Å². The summed E-state index contributed by atoms with van der Waals surface area (Å²) in [4.78, 5) is 16.2. The Hall–Kier alpha value is -2.40. The molecule has 1 aromatic carbocycles. The Kier molecular flexibility index (Phi) is 3.77. The van der Waals surface area contributed by atoms with E-state index >= 15 is 0 Å². The number of aromatic nitrogens is 1. The van der Waals surface area contributed by atoms with E-state index in [9.17, 15) is 4.79 Å². The molecule has 0 fully saturated rings. The fraction of sp³-hybridized carbons (Fsp3) is 0.143. The first-order valence-electron chi connectivity index (χ1n) is 5.92. The molecule has 0 unspecified atom stereocenters. The lowest BCUT2D eigenvalue weighted by Crippen LogP contribution is -2.15. The molecule has 1 amide bonds. The van der Waals surface area contributed by atoms with Crippen LogP contribution < -0.4 is 16.6 Å². The highest BCUT2D eigenvalue weighted by atomic mass is 16.1. The summed E-state index contributed by atoms with van der Waals surface area (Å²) in [5.74, 6) is 5.59. The van der Waals surface area contributed by atoms with Crippen molar-refractivity contribution in [2.75, 3.05) is 10.7 Å². The standard InChI is InChI=1S/C14H16N4O/c1-9-3-5-12(6-4-9)17-14(19)11-7-10(2)16-13(8-11)18-15/h3-8H,15H2,1-2H3,(H,16,18)(H,17,19). The van der Waals surface area contributed by atoms with Crippen LogP contribution in [0, 0.1) is 13.8 Å². The summed E-state index contributed by atoms with van der Waals surface area (Å²) in [6.07, 6.45) is 0. The van der Waals surface area contributed by atoms with Gasteiger partial charge < -0.3 is 10.7 Å². The second-order valence-electron chi connectivity index (χ2n) is 4.35. The van der Waals surface area contributed by atoms with Gasteiger partial charge in [0.2, 0.25) is 0 Å². The zero-order valence-electron chi connectivity index (χ0n) is 10.9. The third-order valence-corrected chi connectivity index (χ3v) is 2.67. The maximum absolute atomic E-state index is 12.1. The number of nitrogens with one attached hydrogen (secondary N) is 2. The van der Waals surface area contributed by atoms with Gasteiger partial charge in [-0.05, 0) is 38.1 Å². The molecule has 0 aliphatic heterocycles. The molecule has 1 heterocycles. The van der Waals surface area contributed by atoms with E-state index in [4.69, 9.17) is 5.84 Å². The van der Waals surface area contributed by atoms with E-state index in [1.807, 2.05) is 38.1 Å². The first kappa shape index (κ1) is 13.0. The van der Waals surface area contributed by atoms with E-state index < -0.39 is 0 Å². The number of anilines is 2. The van der Waals surface area contributed by atoms with Gasteiger partial charge in [0, 0.05) is 16.9 Å². The van der Waals surface area contributed by atoms with Gasteiger partial charge in [0.1, 0.15) is 5.82 Å². The number of nitrogens with zero attached hydrogens (tertiary/aromatic N) is 1. The van der Waals surface area contributed by atoms with E-state index in [1.165, 1.54) is 0 Å². The molecule has 19 heavy (non-hydrogen) atoms. The summed E-state index contributed by atoms with van der Waals surface area (Å²) in [6.45, 7) is 3.81. The lowest BCUT2D eigenvalue weighted by Gasteiger charge is -2.08. The Labute approximate surface area is 111 Å². The van der Waals surface area contributed by atoms with Crippen LogP contribution in [0.2, 0.25) is 0 Å². The highest BCUT2D eigenvalue weighted by molar-refractivity contribution is 6.04. The number of pyridine rings is 1. The van der Waals surface area contributed by atoms with E-state index in [0.29, 0.717) is 11.4 Å². The first-order chi connectivity index (χ1) is 9.08. The summed E-state index contributed by atoms with van der Waals surface area (Å²) in [7, 11) is 0. The van der Waals surface area contributed by atoms with Gasteiger partial charge in [-0.15, -0.1) is 0 Å². The fourth-order valence-electron chi connectivity index (χ4n) is 1.71. The topological polar surface area (TPSA) is 80.0 Å². The maximum atomic E-state index is 12.1. The highest BCUT2D eigenvalue weighted by Crippen LogP contribution is 2.13. The Morgan fingerprint density at radius 2 is 1.84 bits per heavy atom. The van der Waals surface area contributed by atoms with Gasteiger partial charge in [0.15, 0.2) is 0 Å². The molecule has 2 aromatic rings. The van der Waals surface area contributed by atoms with Crippen LogP contribution in [-0.4, -0.2) is 10.9 Å². The van der Waals surface area contributed by atoms with E-state index in [1.54, 1.807) is 12.1 Å². The fourth-order valence-corrected chi connectivity index (χ4v) is 1.71. The van der Waals surface area contributed by atoms with Crippen molar-refractivity contribution < 1.29 is 4.79 Å². The summed E-state index contributed by atoms with van der Waals surface area (Å²) >= 11 is 0. The van der Waals surface area contributed by atoms with Crippen molar-refractivity contribution in [3.8, 4) is 0 Å². The lowest BCUT2D eigenvalue weighted by atomic mass is 10.2. The first-order valence-corrected chi connectivity index (χ1v) is 5.92. The smallest absolute Gasteiger partial charge is 0.255 e. The molecule has 5 nitrogen and oxygen atoms in total. The normalized spacial score (nSPS) is 10.1. The molecule has 1 aromatic heterocycles. The molecule has 0 atom stereocenters. The number of hydrogen-bond acceptors (Lipinski definition) is 4. The Bertz CT molecular complexity index is 593. The number of rotatable bonds is 3. The Morgan fingerprint density at radius 1 is 1.16 bits per heavy atom. The second kappa shape index (κ2) is 5.49. The van der Waals surface area contributed by atoms with Crippen LogP contribution in [0.1, 0.15) is 21.6 Å². The van der Waals surface area contributed by atoms with Gasteiger partial charge in [0.25, 0.3) is 5.91 Å². The lowest BCUT2D eigenvalue weighted by molar-refractivity contribution is 0.102. The number of hydrogen-bond donors (Lipinski definition) is 3. The third kappa shape index (κ3) is 3.29. The van der Waals surface area contributed by atoms with Crippen molar-refractivity contribution >= 4 is 17.4 Å². The Morgan fingerprint density at radius 3 is 2.47 bits per heavy atom. The molecule has 4 N–H and O–H groups in total. The van der Waals surface area contributed by atoms with Crippen LogP contribution in [0.15, 0.2) is 36.4 Å². The zero-order chi connectivity index (χ0) is 13.8. The van der Waals surface area contributed by atoms with Crippen LogP contribution in [0.25, 0.3) is 0 Å². The number of hydrazine groups is 1. The van der Waals surface area contributed by atoms with Crippen LogP contribution in [0.5, 0.6) is 0 Å². The van der Waals surface area contributed by atoms with E-state index in [2.05, 4.69) is 15.7 Å². The molecule has 0 saturated carbocycles. The van der Waals surface area contributed by atoms with Gasteiger partial charge >= 0.3 is 0 Å². The van der Waals surface area contributed by atoms with Crippen molar-refractivity contribution in [2.45, 2.75) is 13.8 Å². The summed E-state index contributed by atoms with van der Waals surface area (Å²) in [5.41, 5.74) is 5.59. The zero-order valence-corrected chi connectivity index (χ0v) is 10.9. The molecule has 0 bridgehead atoms. The van der Waals surface area contributed by atoms with Crippen LogP contribution in [0.3, 0.4) is 0 Å². The molecule has 5 heteroatoms. The van der Waals surface area contributed by atoms with Crippen molar-refractivity contribution in [3.05, 3.63) is 53.2 Å². The van der Waals surface area contributed by atoms with Crippen LogP contribution >= 0.6 is 0 Å². The Balaban J connectivity index is 2.20. The average molecular weight is 256 g/mol. The number of carbonyl (C=O) groups excluding carboxylic acids is 1. The van der Waals surface area contributed by atoms with Gasteiger partial charge in [-0.25, -0.2) is 10.8 Å². The third-order valence-electron chi connectivity index (χ3n) is 2.67. The van der Waals surface area contributed by atoms with Gasteiger partial charge in [-0.1, -0.05) is 17.7 Å². The molecule has 0 saturated heterocycles. The van der Waals surface area contributed by atoms with Gasteiger partial charge in [-0.3, -0.25) is 4.79 Å². The van der Waals surface area contributed by atoms with E-state index in [-0.39, 0.29) is 5.91 Å². The summed E-state index contributed by atoms with van der Waals surface area (Å²) < 4.78 is 0. The van der Waals surface area contributed by atoms with Gasteiger partial charge in [0.05, 0.1) is 0 Å². The monoisotopic (exact) mass is 256 g/mol. The molecule has 0 aliphatic rings. The molecule has 0 radical (unpaired) electrons. The average Bonchev–Trinajstić information content (AvgIpc) is 2.40. The molecule has 2 rings (SSSR count). The summed E-state index contributed by atoms with van der Waals surface area (Å²) in [5, 5.41) is 2.83. The number of benzene rings is 1. The number of carbonyl (C=O) groups is 1. The number of amides is 1. The SMILES string of the molecule is Cc1ccc(NC(=O)c2cc(C)nc(NN)c2)cc1. The second-order valence-corrected chi connectivity index (χ2v) is 4.35. The number of aryl methyl sites for hydroxylation is 2. The minimum atomic E-state index is -0.189. The summed E-state index contributed by atoms with van der Waals surface area (Å²) in [6, 6.07) is 10.9. The van der Waals surface area contributed by atoms with E-state index in [0.717, 1.165) is 16.9 Å². The quantitative estimate of drug-likeness (QED) is 0.581. The van der Waals surface area contributed by atoms with Crippen molar-refractivity contribution in [1.29, 1.82) is 0 Å².